The summed E-state index contributed by atoms with van der Waals surface area (Å²) in [4.78, 5) is 31.6. The zero-order chi connectivity index (χ0) is 65.1. The van der Waals surface area contributed by atoms with E-state index in [9.17, 15) is 0 Å². The molecule has 4 aromatic heterocycles. The Bertz CT molecular complexity index is 6080. The van der Waals surface area contributed by atoms with Gasteiger partial charge in [-0.15, -0.1) is 0 Å². The van der Waals surface area contributed by atoms with Crippen LogP contribution in [0, 0.1) is 0 Å². The Morgan fingerprint density at radius 3 is 1.22 bits per heavy atom. The molecule has 1 N–H and O–H groups in total. The highest BCUT2D eigenvalue weighted by atomic mass is 35.5. The van der Waals surface area contributed by atoms with Crippen molar-refractivity contribution in [3.8, 4) is 73.8 Å². The van der Waals surface area contributed by atoms with Crippen LogP contribution in [0.4, 0.5) is 0 Å². The fraction of sp³-hybridized carbons (Fsp3) is 0.0682. The molecule has 9 heteroatoms. The third-order valence-electron chi connectivity index (χ3n) is 20.1. The third kappa shape index (κ3) is 9.49. The van der Waals surface area contributed by atoms with Gasteiger partial charge in [-0.3, -0.25) is 4.57 Å². The predicted molar refractivity (Wildman–Crippen MR) is 402 cm³/mol. The lowest BCUT2D eigenvalue weighted by molar-refractivity contribution is 0.661. The molecule has 0 unspecified atom stereocenters. The lowest BCUT2D eigenvalue weighted by Crippen LogP contribution is -2.14. The van der Waals surface area contributed by atoms with Crippen LogP contribution in [0.3, 0.4) is 0 Å². The number of nitrogens with zero attached hydrogens (tertiary/aromatic N) is 7. The first kappa shape index (κ1) is 57.7. The summed E-state index contributed by atoms with van der Waals surface area (Å²) in [7, 11) is 0. The molecule has 2 aliphatic carbocycles. The Balaban J connectivity index is 0.000000118. The molecule has 0 spiro atoms. The molecule has 0 atom stereocenters. The van der Waals surface area contributed by atoms with E-state index in [0.29, 0.717) is 29.2 Å². The van der Waals surface area contributed by atoms with Crippen molar-refractivity contribution in [3.05, 3.63) is 319 Å². The lowest BCUT2D eigenvalue weighted by Gasteiger charge is -2.22. The van der Waals surface area contributed by atoms with E-state index in [1.54, 1.807) is 0 Å². The van der Waals surface area contributed by atoms with Gasteiger partial charge >= 0.3 is 0 Å². The van der Waals surface area contributed by atoms with Gasteiger partial charge in [0.2, 0.25) is 11.2 Å². The molecule has 0 aliphatic heterocycles. The maximum Gasteiger partial charge on any atom is 0.238 e. The highest BCUT2D eigenvalue weighted by Crippen LogP contribution is 2.53. The van der Waals surface area contributed by atoms with Gasteiger partial charge in [0.05, 0.1) is 11.0 Å². The van der Waals surface area contributed by atoms with Crippen LogP contribution in [0.5, 0.6) is 0 Å². The number of H-pyrrole nitrogens is 1. The second kappa shape index (κ2) is 22.6. The van der Waals surface area contributed by atoms with Crippen molar-refractivity contribution in [1.29, 1.82) is 0 Å². The summed E-state index contributed by atoms with van der Waals surface area (Å²) < 4.78 is 2.21. The molecule has 2 aliphatic rings. The molecule has 0 amide bonds. The van der Waals surface area contributed by atoms with Gasteiger partial charge in [0.25, 0.3) is 0 Å². The summed E-state index contributed by atoms with van der Waals surface area (Å²) in [5.74, 6) is 3.06. The summed E-state index contributed by atoms with van der Waals surface area (Å²) in [5, 5.41) is 15.5. The number of aromatic amines is 1. The van der Waals surface area contributed by atoms with Crippen molar-refractivity contribution < 1.29 is 0 Å². The van der Waals surface area contributed by atoms with Crippen molar-refractivity contribution in [2.24, 2.45) is 0 Å². The van der Waals surface area contributed by atoms with E-state index in [2.05, 4.69) is 246 Å². The van der Waals surface area contributed by atoms with Gasteiger partial charge in [-0.1, -0.05) is 270 Å². The Morgan fingerprint density at radius 1 is 0.289 bits per heavy atom. The lowest BCUT2D eigenvalue weighted by atomic mass is 9.81. The highest BCUT2D eigenvalue weighted by Gasteiger charge is 2.37. The van der Waals surface area contributed by atoms with E-state index in [1.807, 2.05) is 97.1 Å². The summed E-state index contributed by atoms with van der Waals surface area (Å²) >= 11 is 5.99. The van der Waals surface area contributed by atoms with E-state index in [1.165, 1.54) is 120 Å². The fourth-order valence-electron chi connectivity index (χ4n) is 15.4. The maximum atomic E-state index is 5.99. The number of rotatable bonds is 5. The summed E-state index contributed by atoms with van der Waals surface area (Å²) in [5.41, 5.74) is 19.3. The van der Waals surface area contributed by atoms with Crippen LogP contribution in [0.15, 0.2) is 291 Å². The standard InChI is InChI=1S/C44H30N4.C29H21N.C15H10ClN3/c1-44(2)36-19-11-9-17-31(36)35-25-29-21-22-32-30(34(29)26-37(35)44)23-24-39-40(32)33-18-10-12-20-38(33)48(39)43-46-41(27-13-5-3-6-14-27)45-42(47-43)28-15-7-4-8-16-28;1-29(2)24-9-5-3-7-19(24)23-15-17-11-12-20-18(22(17)16-25(23)29)13-14-27-28(20)21-8-4-6-10-26(21)30-27;16-15-18-13(11-7-3-1-4-8-11)17-14(19-15)12-9-5-2-6-10-12/h3-26H,1-2H3;3-16,30H,1-2H3;1-10H. The first-order valence-electron chi connectivity index (χ1n) is 32.9. The van der Waals surface area contributed by atoms with E-state index < -0.39 is 0 Å². The fourth-order valence-corrected chi connectivity index (χ4v) is 15.5. The molecule has 460 valence electrons. The molecule has 0 fully saturated rings. The van der Waals surface area contributed by atoms with Crippen molar-refractivity contribution in [2.45, 2.75) is 38.5 Å². The van der Waals surface area contributed by atoms with Crippen LogP contribution in [-0.2, 0) is 10.8 Å². The Kier molecular flexibility index (Phi) is 13.4. The van der Waals surface area contributed by atoms with Crippen molar-refractivity contribution in [2.75, 3.05) is 0 Å². The van der Waals surface area contributed by atoms with Gasteiger partial charge < -0.3 is 4.98 Å². The monoisotopic (exact) mass is 1260 g/mol. The van der Waals surface area contributed by atoms with Crippen LogP contribution in [-0.4, -0.2) is 39.5 Å². The zero-order valence-corrected chi connectivity index (χ0v) is 54.5. The van der Waals surface area contributed by atoms with Gasteiger partial charge in [0.15, 0.2) is 23.3 Å². The molecule has 4 heterocycles. The minimum atomic E-state index is -0.0615. The Labute approximate surface area is 565 Å². The molecular weight excluding hydrogens is 1200 g/mol. The van der Waals surface area contributed by atoms with Gasteiger partial charge in [0.1, 0.15) is 0 Å². The number of hydrogen-bond donors (Lipinski definition) is 1. The predicted octanol–water partition coefficient (Wildman–Crippen LogP) is 22.7. The van der Waals surface area contributed by atoms with Crippen molar-refractivity contribution in [1.82, 2.24) is 39.5 Å². The largest absolute Gasteiger partial charge is 0.354 e. The molecule has 20 rings (SSSR count). The van der Waals surface area contributed by atoms with Gasteiger partial charge in [-0.05, 0) is 148 Å². The number of fused-ring (bicyclic) bond motifs is 20. The average molecular weight is 1270 g/mol. The SMILES string of the molecule is CC1(C)c2ccccc2-c2cc3ccc4c(ccc5[nH]c6ccccc6c54)c3cc21.CC1(C)c2ccccc2-c2cc3ccc4c(ccc5c4c4ccccc4n5-c4nc(-c5ccccc5)nc(-c5ccccc5)n4)c3cc21.Clc1nc(-c2ccccc2)nc(-c2ccccc2)n1. The first-order chi connectivity index (χ1) is 47.5. The van der Waals surface area contributed by atoms with Crippen LogP contribution in [0.25, 0.3) is 160 Å². The van der Waals surface area contributed by atoms with Crippen molar-refractivity contribution >= 4 is 98.3 Å². The van der Waals surface area contributed by atoms with Gasteiger partial charge in [-0.2, -0.15) is 19.9 Å². The van der Waals surface area contributed by atoms with Crippen LogP contribution < -0.4 is 0 Å². The number of benzene rings is 14. The highest BCUT2D eigenvalue weighted by molar-refractivity contribution is 6.29. The molecular formula is C88H61ClN8. The quantitative estimate of drug-likeness (QED) is 0.172. The zero-order valence-electron chi connectivity index (χ0n) is 53.7. The average Bonchev–Trinajstić information content (AvgIpc) is 1.59. The van der Waals surface area contributed by atoms with Crippen LogP contribution in [0.2, 0.25) is 5.28 Å². The van der Waals surface area contributed by atoms with E-state index in [-0.39, 0.29) is 16.1 Å². The summed E-state index contributed by atoms with van der Waals surface area (Å²) in [6.07, 6.45) is 0. The number of nitrogens with one attached hydrogen (secondary N) is 1. The first-order valence-corrected chi connectivity index (χ1v) is 33.3. The number of halogens is 1. The number of aromatic nitrogens is 8. The minimum absolute atomic E-state index is 0.0210. The molecule has 0 radical (unpaired) electrons. The smallest absolute Gasteiger partial charge is 0.238 e. The minimum Gasteiger partial charge on any atom is -0.354 e. The van der Waals surface area contributed by atoms with E-state index in [0.717, 1.165) is 33.3 Å². The van der Waals surface area contributed by atoms with Crippen molar-refractivity contribution in [3.63, 3.8) is 0 Å². The van der Waals surface area contributed by atoms with Gasteiger partial charge in [-0.25, -0.2) is 9.97 Å². The van der Waals surface area contributed by atoms with Gasteiger partial charge in [0, 0.05) is 65.7 Å². The molecule has 97 heavy (non-hydrogen) atoms. The van der Waals surface area contributed by atoms with Crippen LogP contribution in [0.1, 0.15) is 49.9 Å². The molecule has 0 saturated heterocycles. The Hall–Kier alpha value is -12.0. The molecule has 14 aromatic carbocycles. The molecule has 18 aromatic rings. The summed E-state index contributed by atoms with van der Waals surface area (Å²) in [6.45, 7) is 9.41. The van der Waals surface area contributed by atoms with E-state index >= 15 is 0 Å². The molecule has 0 bridgehead atoms. The number of hydrogen-bond acceptors (Lipinski definition) is 6. The topological polar surface area (TPSA) is 98.1 Å². The second-order valence-electron chi connectivity index (χ2n) is 26.4. The van der Waals surface area contributed by atoms with E-state index in [4.69, 9.17) is 26.6 Å². The molecule has 0 saturated carbocycles. The Morgan fingerprint density at radius 2 is 0.701 bits per heavy atom. The molecule has 8 nitrogen and oxygen atoms in total. The maximum absolute atomic E-state index is 5.99. The third-order valence-corrected chi connectivity index (χ3v) is 20.3. The second-order valence-corrected chi connectivity index (χ2v) is 26.7. The summed E-state index contributed by atoms with van der Waals surface area (Å²) in [6, 6.07) is 103. The number of para-hydroxylation sites is 2. The normalized spacial score (nSPS) is 13.2. The van der Waals surface area contributed by atoms with Crippen LogP contribution >= 0.6 is 11.6 Å².